The van der Waals surface area contributed by atoms with E-state index in [1.807, 2.05) is 12.3 Å². The molecular weight excluding hydrogens is 328 g/mol. The number of thiophene rings is 1. The van der Waals surface area contributed by atoms with Gasteiger partial charge in [-0.05, 0) is 44.2 Å². The molecule has 0 unspecified atom stereocenters. The lowest BCUT2D eigenvalue weighted by Gasteiger charge is -2.14. The molecule has 0 radical (unpaired) electrons. The summed E-state index contributed by atoms with van der Waals surface area (Å²) < 4.78 is 0. The molecule has 0 spiro atoms. The molecule has 0 aliphatic heterocycles. The molecule has 23 heavy (non-hydrogen) atoms. The molecule has 118 valence electrons. The van der Waals surface area contributed by atoms with Crippen LogP contribution in [-0.2, 0) is 12.8 Å². The van der Waals surface area contributed by atoms with E-state index in [1.54, 1.807) is 0 Å². The molecule has 3 aromatic rings. The Morgan fingerprint density at radius 3 is 2.91 bits per heavy atom. The zero-order chi connectivity index (χ0) is 16.0. The third-order valence-electron chi connectivity index (χ3n) is 4.05. The van der Waals surface area contributed by atoms with Crippen molar-refractivity contribution in [3.05, 3.63) is 33.3 Å². The van der Waals surface area contributed by atoms with Crippen LogP contribution in [0.1, 0.15) is 39.5 Å². The van der Waals surface area contributed by atoms with Gasteiger partial charge in [0.05, 0.1) is 11.4 Å². The number of hydrogen-bond acceptors (Lipinski definition) is 6. The van der Waals surface area contributed by atoms with Gasteiger partial charge in [-0.1, -0.05) is 0 Å². The average Bonchev–Trinajstić information content (AvgIpc) is 3.09. The Balaban J connectivity index is 1.72. The minimum atomic E-state index is -0.210. The summed E-state index contributed by atoms with van der Waals surface area (Å²) in [6, 6.07) is 2.12. The molecule has 1 aliphatic carbocycles. The van der Waals surface area contributed by atoms with Crippen molar-refractivity contribution in [3.8, 4) is 0 Å². The minimum Gasteiger partial charge on any atom is -0.397 e. The van der Waals surface area contributed by atoms with E-state index in [4.69, 9.17) is 10.7 Å². The van der Waals surface area contributed by atoms with E-state index in [9.17, 15) is 4.79 Å². The fraction of sp³-hybridized carbons (Fsp3) is 0.312. The number of hydrogen-bond donors (Lipinski definition) is 2. The van der Waals surface area contributed by atoms with Gasteiger partial charge in [0.2, 0.25) is 0 Å². The van der Waals surface area contributed by atoms with Crippen molar-refractivity contribution in [2.75, 3.05) is 11.1 Å². The minimum absolute atomic E-state index is 0.210. The van der Waals surface area contributed by atoms with Crippen LogP contribution in [-0.4, -0.2) is 15.9 Å². The number of fused-ring (bicyclic) bond motifs is 2. The summed E-state index contributed by atoms with van der Waals surface area (Å²) in [4.78, 5) is 22.9. The van der Waals surface area contributed by atoms with Crippen molar-refractivity contribution in [1.29, 1.82) is 0 Å². The van der Waals surface area contributed by atoms with E-state index in [0.29, 0.717) is 15.7 Å². The molecule has 0 aromatic carbocycles. The number of nitrogens with two attached hydrogens (primary N) is 1. The second-order valence-electron chi connectivity index (χ2n) is 5.75. The first-order valence-corrected chi connectivity index (χ1v) is 9.25. The van der Waals surface area contributed by atoms with Crippen LogP contribution in [0.25, 0.3) is 10.2 Å². The van der Waals surface area contributed by atoms with E-state index in [-0.39, 0.29) is 5.91 Å². The van der Waals surface area contributed by atoms with Gasteiger partial charge in [-0.2, -0.15) is 0 Å². The maximum absolute atomic E-state index is 12.5. The Hall–Kier alpha value is -1.99. The predicted molar refractivity (Wildman–Crippen MR) is 95.5 cm³/mol. The summed E-state index contributed by atoms with van der Waals surface area (Å²) in [5, 5.41) is 6.22. The van der Waals surface area contributed by atoms with Crippen LogP contribution in [0.15, 0.2) is 11.4 Å². The smallest absolute Gasteiger partial charge is 0.269 e. The second-order valence-corrected chi connectivity index (χ2v) is 7.60. The highest BCUT2D eigenvalue weighted by atomic mass is 32.1. The van der Waals surface area contributed by atoms with Crippen LogP contribution >= 0.6 is 22.7 Å². The van der Waals surface area contributed by atoms with Crippen molar-refractivity contribution in [3.63, 3.8) is 0 Å². The number of thiazole rings is 1. The first-order valence-electron chi connectivity index (χ1n) is 7.56. The topological polar surface area (TPSA) is 80.9 Å². The number of pyridine rings is 1. The van der Waals surface area contributed by atoms with Gasteiger partial charge in [0, 0.05) is 16.5 Å². The van der Waals surface area contributed by atoms with E-state index >= 15 is 0 Å². The molecule has 7 heteroatoms. The zero-order valence-electron chi connectivity index (χ0n) is 12.7. The number of anilines is 2. The average molecular weight is 344 g/mol. The Morgan fingerprint density at radius 2 is 2.13 bits per heavy atom. The van der Waals surface area contributed by atoms with E-state index in [1.165, 1.54) is 41.1 Å². The summed E-state index contributed by atoms with van der Waals surface area (Å²) in [7, 11) is 0. The highest BCUT2D eigenvalue weighted by Gasteiger charge is 2.21. The van der Waals surface area contributed by atoms with Crippen LogP contribution < -0.4 is 11.1 Å². The first-order chi connectivity index (χ1) is 11.1. The van der Waals surface area contributed by atoms with E-state index in [2.05, 4.69) is 16.4 Å². The number of nitrogen functional groups attached to an aromatic ring is 1. The second kappa shape index (κ2) is 5.58. The number of nitrogens with zero attached hydrogens (tertiary/aromatic N) is 2. The number of amides is 1. The number of carbonyl (C=O) groups excluding carboxylic acids is 1. The highest BCUT2D eigenvalue weighted by Crippen LogP contribution is 2.35. The summed E-state index contributed by atoms with van der Waals surface area (Å²) in [5.41, 5.74) is 10.1. The Labute approximate surface area is 141 Å². The Morgan fingerprint density at radius 1 is 1.30 bits per heavy atom. The fourth-order valence-electron chi connectivity index (χ4n) is 2.89. The summed E-state index contributed by atoms with van der Waals surface area (Å²) >= 11 is 2.77. The lowest BCUT2D eigenvalue weighted by atomic mass is 9.95. The molecule has 4 rings (SSSR count). The van der Waals surface area contributed by atoms with Gasteiger partial charge in [0.1, 0.15) is 9.71 Å². The van der Waals surface area contributed by atoms with Gasteiger partial charge in [-0.15, -0.1) is 22.7 Å². The first kappa shape index (κ1) is 14.6. The number of rotatable bonds is 2. The van der Waals surface area contributed by atoms with Gasteiger partial charge in [0.15, 0.2) is 5.13 Å². The largest absolute Gasteiger partial charge is 0.397 e. The summed E-state index contributed by atoms with van der Waals surface area (Å²) in [6.45, 7) is 1.90. The summed E-state index contributed by atoms with van der Waals surface area (Å²) in [5.74, 6) is -0.210. The van der Waals surface area contributed by atoms with Crippen LogP contribution in [0.3, 0.4) is 0 Å². The van der Waals surface area contributed by atoms with Crippen LogP contribution in [0.2, 0.25) is 0 Å². The molecular formula is C16H16N4OS2. The van der Waals surface area contributed by atoms with Gasteiger partial charge < -0.3 is 5.73 Å². The standard InChI is InChI=1S/C16H16N4OS2/c1-8-7-22-16(18-8)20-14(21)13-12(17)10-6-9-4-2-3-5-11(9)19-15(10)23-13/h6-7H,2-5,17H2,1H3,(H,18,20,21). The quantitative estimate of drug-likeness (QED) is 0.741. The maximum atomic E-state index is 12.5. The van der Waals surface area contributed by atoms with Crippen molar-refractivity contribution in [2.45, 2.75) is 32.6 Å². The van der Waals surface area contributed by atoms with Crippen LogP contribution in [0.4, 0.5) is 10.8 Å². The number of carbonyl (C=O) groups is 1. The van der Waals surface area contributed by atoms with Gasteiger partial charge in [0.25, 0.3) is 5.91 Å². The number of nitrogens with one attached hydrogen (secondary N) is 1. The zero-order valence-corrected chi connectivity index (χ0v) is 14.3. The molecule has 0 atom stereocenters. The van der Waals surface area contributed by atoms with Crippen LogP contribution in [0, 0.1) is 6.92 Å². The lowest BCUT2D eigenvalue weighted by molar-refractivity contribution is 0.103. The number of aryl methyl sites for hydroxylation is 3. The van der Waals surface area contributed by atoms with E-state index in [0.717, 1.165) is 34.4 Å². The van der Waals surface area contributed by atoms with Crippen molar-refractivity contribution in [1.82, 2.24) is 9.97 Å². The molecule has 5 nitrogen and oxygen atoms in total. The Kier molecular flexibility index (Phi) is 3.54. The monoisotopic (exact) mass is 344 g/mol. The van der Waals surface area contributed by atoms with Gasteiger partial charge in [-0.3, -0.25) is 10.1 Å². The van der Waals surface area contributed by atoms with Crippen molar-refractivity contribution >= 4 is 49.6 Å². The molecule has 0 bridgehead atoms. The lowest BCUT2D eigenvalue weighted by Crippen LogP contribution is -2.11. The molecule has 0 saturated carbocycles. The molecule has 0 saturated heterocycles. The maximum Gasteiger partial charge on any atom is 0.269 e. The van der Waals surface area contributed by atoms with Crippen molar-refractivity contribution in [2.24, 2.45) is 0 Å². The highest BCUT2D eigenvalue weighted by molar-refractivity contribution is 7.21. The predicted octanol–water partition coefficient (Wildman–Crippen LogP) is 3.77. The molecule has 1 aliphatic rings. The molecule has 0 fully saturated rings. The molecule has 3 N–H and O–H groups in total. The van der Waals surface area contributed by atoms with E-state index < -0.39 is 0 Å². The third kappa shape index (κ3) is 2.60. The fourth-order valence-corrected chi connectivity index (χ4v) is 4.57. The molecule has 1 amide bonds. The molecule has 3 heterocycles. The number of aromatic nitrogens is 2. The van der Waals surface area contributed by atoms with Crippen molar-refractivity contribution < 1.29 is 4.79 Å². The molecule has 3 aromatic heterocycles. The van der Waals surface area contributed by atoms with Gasteiger partial charge in [-0.25, -0.2) is 9.97 Å². The summed E-state index contributed by atoms with van der Waals surface area (Å²) in [6.07, 6.45) is 4.44. The van der Waals surface area contributed by atoms with Gasteiger partial charge >= 0.3 is 0 Å². The normalized spacial score (nSPS) is 14.0. The third-order valence-corrected chi connectivity index (χ3v) is 6.03. The Bertz CT molecular complexity index is 912. The van der Waals surface area contributed by atoms with Crippen LogP contribution in [0.5, 0.6) is 0 Å². The SMILES string of the molecule is Cc1csc(NC(=O)c2sc3nc4c(cc3c2N)CCCC4)n1.